The van der Waals surface area contributed by atoms with Gasteiger partial charge >= 0.3 is 6.18 Å². The Kier molecular flexibility index (Phi) is 5.27. The fourth-order valence-electron chi connectivity index (χ4n) is 2.34. The molecule has 0 amide bonds. The van der Waals surface area contributed by atoms with E-state index in [2.05, 4.69) is 9.97 Å². The first-order valence-corrected chi connectivity index (χ1v) is 7.32. The molecular formula is C13H18ClF3N4. The second-order valence-electron chi connectivity index (χ2n) is 5.09. The highest BCUT2D eigenvalue weighted by atomic mass is 35.5. The minimum absolute atomic E-state index is 0.365. The van der Waals surface area contributed by atoms with Crippen LogP contribution in [0.1, 0.15) is 19.2 Å². The van der Waals surface area contributed by atoms with E-state index in [0.29, 0.717) is 43.0 Å². The topological polar surface area (TPSA) is 32.3 Å². The van der Waals surface area contributed by atoms with E-state index in [0.717, 1.165) is 12.8 Å². The van der Waals surface area contributed by atoms with Crippen LogP contribution in [0.2, 0.25) is 5.15 Å². The van der Waals surface area contributed by atoms with Gasteiger partial charge in [0, 0.05) is 38.7 Å². The van der Waals surface area contributed by atoms with Gasteiger partial charge in [-0.1, -0.05) is 18.5 Å². The van der Waals surface area contributed by atoms with Gasteiger partial charge in [0.15, 0.2) is 0 Å². The smallest absolute Gasteiger partial charge is 0.354 e. The lowest BCUT2D eigenvalue weighted by atomic mass is 10.3. The van der Waals surface area contributed by atoms with Gasteiger partial charge in [-0.2, -0.15) is 13.2 Å². The lowest BCUT2D eigenvalue weighted by Gasteiger charge is -2.35. The monoisotopic (exact) mass is 322 g/mol. The molecule has 8 heteroatoms. The van der Waals surface area contributed by atoms with Crippen molar-refractivity contribution in [2.75, 3.05) is 37.6 Å². The molecule has 2 rings (SSSR count). The maximum Gasteiger partial charge on any atom is 0.401 e. The summed E-state index contributed by atoms with van der Waals surface area (Å²) in [5, 5.41) is 0.376. The number of hydrogen-bond acceptors (Lipinski definition) is 4. The van der Waals surface area contributed by atoms with Crippen LogP contribution in [0.5, 0.6) is 0 Å². The fraction of sp³-hybridized carbons (Fsp3) is 0.692. The van der Waals surface area contributed by atoms with E-state index in [-0.39, 0.29) is 0 Å². The van der Waals surface area contributed by atoms with Gasteiger partial charge in [0.25, 0.3) is 0 Å². The van der Waals surface area contributed by atoms with E-state index in [4.69, 9.17) is 11.6 Å². The molecule has 0 atom stereocenters. The SMILES string of the molecule is CCCc1nc(Cl)cc(N2CCN(CC(F)(F)F)CC2)n1. The zero-order valence-electron chi connectivity index (χ0n) is 11.8. The molecule has 4 nitrogen and oxygen atoms in total. The Morgan fingerprint density at radius 2 is 1.86 bits per heavy atom. The second-order valence-corrected chi connectivity index (χ2v) is 5.48. The van der Waals surface area contributed by atoms with Crippen LogP contribution in [0.25, 0.3) is 0 Å². The highest BCUT2D eigenvalue weighted by molar-refractivity contribution is 6.29. The van der Waals surface area contributed by atoms with Gasteiger partial charge in [0.2, 0.25) is 0 Å². The van der Waals surface area contributed by atoms with Crippen molar-refractivity contribution in [2.24, 2.45) is 0 Å². The van der Waals surface area contributed by atoms with Crippen LogP contribution in [0.4, 0.5) is 19.0 Å². The molecule has 21 heavy (non-hydrogen) atoms. The van der Waals surface area contributed by atoms with Crippen molar-refractivity contribution in [3.8, 4) is 0 Å². The van der Waals surface area contributed by atoms with Crippen LogP contribution in [0.3, 0.4) is 0 Å². The lowest BCUT2D eigenvalue weighted by molar-refractivity contribution is -0.146. The molecule has 1 aromatic rings. The number of aryl methyl sites for hydroxylation is 1. The van der Waals surface area contributed by atoms with Gasteiger partial charge in [-0.25, -0.2) is 9.97 Å². The number of halogens is 4. The Morgan fingerprint density at radius 1 is 1.19 bits per heavy atom. The molecule has 0 spiro atoms. The third-order valence-electron chi connectivity index (χ3n) is 3.30. The largest absolute Gasteiger partial charge is 0.401 e. The highest BCUT2D eigenvalue weighted by Gasteiger charge is 2.32. The zero-order valence-corrected chi connectivity index (χ0v) is 12.6. The van der Waals surface area contributed by atoms with Crippen molar-refractivity contribution in [1.29, 1.82) is 0 Å². The summed E-state index contributed by atoms with van der Waals surface area (Å²) in [6.07, 6.45) is -2.49. The maximum absolute atomic E-state index is 12.4. The minimum atomic E-state index is -4.14. The van der Waals surface area contributed by atoms with Crippen LogP contribution in [0.15, 0.2) is 6.07 Å². The first-order valence-electron chi connectivity index (χ1n) is 6.95. The number of hydrogen-bond donors (Lipinski definition) is 0. The Morgan fingerprint density at radius 3 is 2.43 bits per heavy atom. The average Bonchev–Trinajstić information content (AvgIpc) is 2.37. The number of alkyl halides is 3. The molecule has 0 saturated carbocycles. The normalized spacial score (nSPS) is 17.3. The van der Waals surface area contributed by atoms with E-state index in [1.807, 2.05) is 11.8 Å². The Hall–Kier alpha value is -1.08. The van der Waals surface area contributed by atoms with Gasteiger partial charge in [-0.05, 0) is 6.42 Å². The predicted molar refractivity (Wildman–Crippen MR) is 75.7 cm³/mol. The van der Waals surface area contributed by atoms with Crippen molar-refractivity contribution in [2.45, 2.75) is 25.9 Å². The summed E-state index contributed by atoms with van der Waals surface area (Å²) in [4.78, 5) is 12.0. The summed E-state index contributed by atoms with van der Waals surface area (Å²) in [7, 11) is 0. The summed E-state index contributed by atoms with van der Waals surface area (Å²) >= 11 is 5.98. The Balaban J connectivity index is 1.98. The fourth-order valence-corrected chi connectivity index (χ4v) is 2.53. The number of piperazine rings is 1. The number of anilines is 1. The van der Waals surface area contributed by atoms with Crippen molar-refractivity contribution in [3.63, 3.8) is 0 Å². The third-order valence-corrected chi connectivity index (χ3v) is 3.49. The lowest BCUT2D eigenvalue weighted by Crippen LogP contribution is -2.49. The van der Waals surface area contributed by atoms with Gasteiger partial charge in [-0.3, -0.25) is 4.90 Å². The zero-order chi connectivity index (χ0) is 15.5. The van der Waals surface area contributed by atoms with Crippen molar-refractivity contribution < 1.29 is 13.2 Å². The third kappa shape index (κ3) is 5.00. The number of rotatable bonds is 4. The molecule has 1 saturated heterocycles. The molecule has 0 bridgehead atoms. The van der Waals surface area contributed by atoms with Crippen LogP contribution in [-0.2, 0) is 6.42 Å². The molecule has 1 aliphatic rings. The number of aromatic nitrogens is 2. The van der Waals surface area contributed by atoms with E-state index in [1.54, 1.807) is 6.07 Å². The van der Waals surface area contributed by atoms with E-state index in [9.17, 15) is 13.2 Å². The van der Waals surface area contributed by atoms with E-state index in [1.165, 1.54) is 4.90 Å². The van der Waals surface area contributed by atoms with Gasteiger partial charge < -0.3 is 4.90 Å². The van der Waals surface area contributed by atoms with E-state index >= 15 is 0 Å². The van der Waals surface area contributed by atoms with Gasteiger partial charge in [-0.15, -0.1) is 0 Å². The van der Waals surface area contributed by atoms with Crippen LogP contribution < -0.4 is 4.90 Å². The predicted octanol–water partition coefficient (Wildman–Crippen LogP) is 2.77. The van der Waals surface area contributed by atoms with Crippen LogP contribution in [-0.4, -0.2) is 53.8 Å². The van der Waals surface area contributed by atoms with Crippen LogP contribution in [0, 0.1) is 0 Å². The molecule has 0 aliphatic carbocycles. The molecule has 1 aliphatic heterocycles. The molecule has 0 radical (unpaired) electrons. The quantitative estimate of drug-likeness (QED) is 0.798. The average molecular weight is 323 g/mol. The molecule has 0 N–H and O–H groups in total. The number of nitrogens with zero attached hydrogens (tertiary/aromatic N) is 4. The molecule has 118 valence electrons. The molecule has 0 aromatic carbocycles. The maximum atomic E-state index is 12.4. The van der Waals surface area contributed by atoms with Crippen molar-refractivity contribution in [3.05, 3.63) is 17.0 Å². The van der Waals surface area contributed by atoms with Crippen molar-refractivity contribution in [1.82, 2.24) is 14.9 Å². The van der Waals surface area contributed by atoms with Crippen LogP contribution >= 0.6 is 11.6 Å². The Labute approximate surface area is 126 Å². The summed E-state index contributed by atoms with van der Waals surface area (Å²) < 4.78 is 37.1. The molecule has 1 fully saturated rings. The Bertz CT molecular complexity index is 473. The summed E-state index contributed by atoms with van der Waals surface area (Å²) in [5.74, 6) is 1.38. The summed E-state index contributed by atoms with van der Waals surface area (Å²) in [6.45, 7) is 2.92. The molecule has 2 heterocycles. The first-order chi connectivity index (χ1) is 9.87. The molecule has 1 aromatic heterocycles. The highest BCUT2D eigenvalue weighted by Crippen LogP contribution is 2.21. The molecule has 0 unspecified atom stereocenters. The standard InChI is InChI=1S/C13H18ClF3N4/c1-2-3-11-18-10(14)8-12(19-11)21-6-4-20(5-7-21)9-13(15,16)17/h8H,2-7,9H2,1H3. The van der Waals surface area contributed by atoms with Gasteiger partial charge in [0.1, 0.15) is 16.8 Å². The summed E-state index contributed by atoms with van der Waals surface area (Å²) in [6, 6.07) is 1.67. The first kappa shape index (κ1) is 16.3. The minimum Gasteiger partial charge on any atom is -0.354 e. The van der Waals surface area contributed by atoms with E-state index < -0.39 is 12.7 Å². The molecular weight excluding hydrogens is 305 g/mol. The van der Waals surface area contributed by atoms with Gasteiger partial charge in [0.05, 0.1) is 6.54 Å². The summed E-state index contributed by atoms with van der Waals surface area (Å²) in [5.41, 5.74) is 0. The van der Waals surface area contributed by atoms with Crippen molar-refractivity contribution >= 4 is 17.4 Å². The second kappa shape index (κ2) is 6.79.